The molecule has 3 N–H and O–H groups in total. The van der Waals surface area contributed by atoms with Crippen LogP contribution < -0.4 is 5.32 Å². The summed E-state index contributed by atoms with van der Waals surface area (Å²) in [6.07, 6.45) is 2.82. The van der Waals surface area contributed by atoms with E-state index in [1.807, 2.05) is 53.1 Å². The highest BCUT2D eigenvalue weighted by atomic mass is 32.1. The number of rotatable bonds is 9. The van der Waals surface area contributed by atoms with Gasteiger partial charge in [-0.15, -0.1) is 0 Å². The Morgan fingerprint density at radius 3 is 2.70 bits per heavy atom. The number of carbonyl (C=O) groups is 1. The van der Waals surface area contributed by atoms with Crippen LogP contribution in [0.5, 0.6) is 0 Å². The third kappa shape index (κ3) is 5.08. The van der Waals surface area contributed by atoms with Gasteiger partial charge in [-0.05, 0) is 37.2 Å². The van der Waals surface area contributed by atoms with Crippen LogP contribution >= 0.6 is 12.2 Å². The zero-order chi connectivity index (χ0) is 19.1. The van der Waals surface area contributed by atoms with E-state index in [0.29, 0.717) is 30.7 Å². The van der Waals surface area contributed by atoms with Crippen LogP contribution in [0.25, 0.3) is 11.4 Å². The van der Waals surface area contributed by atoms with Gasteiger partial charge in [0.2, 0.25) is 0 Å². The number of nitrogens with zero attached hydrogens (tertiary/aromatic N) is 3. The Labute approximate surface area is 162 Å². The second-order valence-corrected chi connectivity index (χ2v) is 6.49. The van der Waals surface area contributed by atoms with Crippen LogP contribution in [0.1, 0.15) is 18.5 Å². The molecule has 0 aliphatic carbocycles. The van der Waals surface area contributed by atoms with Crippen LogP contribution in [0.3, 0.4) is 0 Å². The van der Waals surface area contributed by atoms with Crippen LogP contribution in [0, 0.1) is 4.77 Å². The Morgan fingerprint density at radius 1 is 1.22 bits per heavy atom. The van der Waals surface area contributed by atoms with Crippen LogP contribution in [0.2, 0.25) is 0 Å². The first-order valence-electron chi connectivity index (χ1n) is 8.72. The van der Waals surface area contributed by atoms with Crippen LogP contribution in [0.15, 0.2) is 54.7 Å². The lowest BCUT2D eigenvalue weighted by Gasteiger charge is -2.14. The number of H-pyrrole nitrogens is 1. The van der Waals surface area contributed by atoms with Crippen molar-refractivity contribution in [1.82, 2.24) is 25.1 Å². The maximum atomic E-state index is 11.5. The summed E-state index contributed by atoms with van der Waals surface area (Å²) < 4.78 is 2.43. The van der Waals surface area contributed by atoms with Crippen molar-refractivity contribution >= 4 is 18.2 Å². The second kappa shape index (κ2) is 9.20. The summed E-state index contributed by atoms with van der Waals surface area (Å²) >= 11 is 5.32. The van der Waals surface area contributed by atoms with Crippen molar-refractivity contribution in [3.05, 3.63) is 65.2 Å². The van der Waals surface area contributed by atoms with E-state index in [1.165, 1.54) is 0 Å². The topological polar surface area (TPSA) is 95.8 Å². The van der Waals surface area contributed by atoms with Gasteiger partial charge in [-0.2, -0.15) is 5.10 Å². The molecule has 0 aliphatic rings. The lowest BCUT2D eigenvalue weighted by atomic mass is 10.1. The fourth-order valence-electron chi connectivity index (χ4n) is 2.83. The van der Waals surface area contributed by atoms with E-state index in [2.05, 4.69) is 20.5 Å². The number of aromatic amines is 1. The van der Waals surface area contributed by atoms with E-state index in [9.17, 15) is 9.90 Å². The Bertz CT molecular complexity index is 924. The van der Waals surface area contributed by atoms with Crippen molar-refractivity contribution in [3.63, 3.8) is 0 Å². The predicted octanol–water partition coefficient (Wildman–Crippen LogP) is 3.03. The number of aromatic nitrogens is 4. The molecule has 0 saturated heterocycles. The number of hydrogen-bond acceptors (Lipinski definition) is 5. The number of benzene rings is 1. The highest BCUT2D eigenvalue weighted by molar-refractivity contribution is 7.71. The second-order valence-electron chi connectivity index (χ2n) is 6.11. The Hall–Kier alpha value is -2.84. The molecule has 2 aromatic heterocycles. The maximum Gasteiger partial charge on any atom is 0.320 e. The number of carboxylic acid groups (broad SMARTS) is 1. The van der Waals surface area contributed by atoms with Gasteiger partial charge in [-0.1, -0.05) is 36.4 Å². The summed E-state index contributed by atoms with van der Waals surface area (Å²) in [4.78, 5) is 15.7. The molecule has 0 fully saturated rings. The zero-order valence-electron chi connectivity index (χ0n) is 14.7. The number of hydrogen-bond donors (Lipinski definition) is 3. The van der Waals surface area contributed by atoms with Crippen molar-refractivity contribution in [2.24, 2.45) is 0 Å². The highest BCUT2D eigenvalue weighted by Gasteiger charge is 2.17. The lowest BCUT2D eigenvalue weighted by molar-refractivity contribution is -0.139. The monoisotopic (exact) mass is 383 g/mol. The summed E-state index contributed by atoms with van der Waals surface area (Å²) in [6.45, 7) is 1.01. The van der Waals surface area contributed by atoms with Crippen molar-refractivity contribution in [3.8, 4) is 11.4 Å². The molecule has 0 aliphatic heterocycles. The third-order valence-electron chi connectivity index (χ3n) is 4.22. The molecule has 0 radical (unpaired) electrons. The average molecular weight is 383 g/mol. The molecule has 0 unspecified atom stereocenters. The van der Waals surface area contributed by atoms with E-state index in [4.69, 9.17) is 12.2 Å². The van der Waals surface area contributed by atoms with Gasteiger partial charge >= 0.3 is 5.97 Å². The molecule has 0 saturated carbocycles. The molecule has 140 valence electrons. The summed E-state index contributed by atoms with van der Waals surface area (Å²) in [6, 6.07) is 14.7. The van der Waals surface area contributed by atoms with Gasteiger partial charge < -0.3 is 9.67 Å². The van der Waals surface area contributed by atoms with Gasteiger partial charge in [0.1, 0.15) is 6.04 Å². The maximum absolute atomic E-state index is 11.5. The minimum atomic E-state index is -0.870. The molecule has 0 amide bonds. The standard InChI is InChI=1S/C19H21N5O2S/c25-18(26)16(21-13-15-9-4-5-11-20-15)10-6-12-24-17(22-23-19(24)27)14-7-2-1-3-8-14/h1-5,7-9,11,16,21H,6,10,12-13H2,(H,23,27)(H,25,26)/t16-/m0/s1. The van der Waals surface area contributed by atoms with Crippen molar-refractivity contribution in [2.45, 2.75) is 32.0 Å². The summed E-state index contributed by atoms with van der Waals surface area (Å²) in [7, 11) is 0. The summed E-state index contributed by atoms with van der Waals surface area (Å²) in [5, 5.41) is 19.6. The van der Waals surface area contributed by atoms with E-state index in [0.717, 1.165) is 17.1 Å². The number of carboxylic acids is 1. The fraction of sp³-hybridized carbons (Fsp3) is 0.263. The molecule has 27 heavy (non-hydrogen) atoms. The Kier molecular flexibility index (Phi) is 6.45. The zero-order valence-corrected chi connectivity index (χ0v) is 15.5. The van der Waals surface area contributed by atoms with Gasteiger partial charge in [-0.25, -0.2) is 0 Å². The molecule has 2 heterocycles. The number of pyridine rings is 1. The van der Waals surface area contributed by atoms with Gasteiger partial charge in [0, 0.05) is 24.8 Å². The molecule has 1 aromatic carbocycles. The number of aliphatic carboxylic acids is 1. The third-order valence-corrected chi connectivity index (χ3v) is 4.53. The predicted molar refractivity (Wildman–Crippen MR) is 105 cm³/mol. The molecular weight excluding hydrogens is 362 g/mol. The molecule has 0 spiro atoms. The van der Waals surface area contributed by atoms with Gasteiger partial charge in [0.25, 0.3) is 0 Å². The quantitative estimate of drug-likeness (QED) is 0.492. The SMILES string of the molecule is O=C(O)[C@H](CCCn1c(-c2ccccc2)n[nH]c1=S)NCc1ccccn1. The normalized spacial score (nSPS) is 12.0. The Morgan fingerprint density at radius 2 is 2.00 bits per heavy atom. The fourth-order valence-corrected chi connectivity index (χ4v) is 3.05. The van der Waals surface area contributed by atoms with Crippen LogP contribution in [-0.2, 0) is 17.9 Å². The molecule has 0 bridgehead atoms. The summed E-state index contributed by atoms with van der Waals surface area (Å²) in [5.41, 5.74) is 1.78. The van der Waals surface area contributed by atoms with Gasteiger partial charge in [0.05, 0.1) is 5.69 Å². The minimum Gasteiger partial charge on any atom is -0.480 e. The molecule has 3 rings (SSSR count). The van der Waals surface area contributed by atoms with Crippen molar-refractivity contribution in [2.75, 3.05) is 0 Å². The van der Waals surface area contributed by atoms with E-state index in [-0.39, 0.29) is 0 Å². The smallest absolute Gasteiger partial charge is 0.320 e. The van der Waals surface area contributed by atoms with Gasteiger partial charge in [0.15, 0.2) is 10.6 Å². The van der Waals surface area contributed by atoms with Crippen molar-refractivity contribution in [1.29, 1.82) is 0 Å². The van der Waals surface area contributed by atoms with Crippen LogP contribution in [0.4, 0.5) is 0 Å². The average Bonchev–Trinajstić information content (AvgIpc) is 3.06. The van der Waals surface area contributed by atoms with E-state index in [1.54, 1.807) is 6.20 Å². The van der Waals surface area contributed by atoms with E-state index < -0.39 is 12.0 Å². The minimum absolute atomic E-state index is 0.415. The molecule has 1 atom stereocenters. The molecule has 3 aromatic rings. The summed E-state index contributed by atoms with van der Waals surface area (Å²) in [5.74, 6) is -0.112. The Balaban J connectivity index is 1.60. The molecule has 8 heteroatoms. The first kappa shape index (κ1) is 18.9. The van der Waals surface area contributed by atoms with Crippen molar-refractivity contribution < 1.29 is 9.90 Å². The first-order chi connectivity index (χ1) is 13.1. The largest absolute Gasteiger partial charge is 0.480 e. The number of nitrogens with one attached hydrogen (secondary N) is 2. The van der Waals surface area contributed by atoms with Gasteiger partial charge in [-0.3, -0.25) is 20.2 Å². The lowest BCUT2D eigenvalue weighted by Crippen LogP contribution is -2.36. The van der Waals surface area contributed by atoms with Crippen LogP contribution in [-0.4, -0.2) is 36.9 Å². The van der Waals surface area contributed by atoms with E-state index >= 15 is 0 Å². The highest BCUT2D eigenvalue weighted by Crippen LogP contribution is 2.17. The molecule has 7 nitrogen and oxygen atoms in total. The molecular formula is C19H21N5O2S. The first-order valence-corrected chi connectivity index (χ1v) is 9.12.